The molecule has 2 nitrogen and oxygen atoms in total. The molecule has 0 aliphatic heterocycles. The maximum Gasteiger partial charge on any atom is 0.140 e. The smallest absolute Gasteiger partial charge is 0.140 e. The summed E-state index contributed by atoms with van der Waals surface area (Å²) in [4.78, 5) is 0. The quantitative estimate of drug-likeness (QED) is 0.657. The molecule has 0 saturated carbocycles. The van der Waals surface area contributed by atoms with E-state index in [1.54, 1.807) is 0 Å². The summed E-state index contributed by atoms with van der Waals surface area (Å²) < 4.78 is 16.5. The Labute approximate surface area is 145 Å². The van der Waals surface area contributed by atoms with Crippen molar-refractivity contribution in [3.63, 3.8) is 0 Å². The van der Waals surface area contributed by atoms with Gasteiger partial charge in [0.05, 0.1) is 6.04 Å². The highest BCUT2D eigenvalue weighted by Crippen LogP contribution is 2.34. The van der Waals surface area contributed by atoms with Crippen LogP contribution in [0.15, 0.2) is 22.7 Å². The number of hydrogen-bond donors (Lipinski definition) is 1. The molecule has 0 heterocycles. The van der Waals surface area contributed by atoms with Gasteiger partial charge in [-0.15, -0.1) is 4.72 Å². The van der Waals surface area contributed by atoms with Crippen LogP contribution in [0.4, 0.5) is 0 Å². The molecule has 0 aliphatic rings. The van der Waals surface area contributed by atoms with Gasteiger partial charge < -0.3 is 4.55 Å². The SMILES string of the molecule is CC(N[S+]([O-])C(C)(C)CC(C)(C)C)c1ccc(Br)cc1Cl. The summed E-state index contributed by atoms with van der Waals surface area (Å²) >= 11 is 8.51. The molecule has 5 heteroatoms. The first-order valence-corrected chi connectivity index (χ1v) is 9.37. The van der Waals surface area contributed by atoms with Crippen LogP contribution in [-0.2, 0) is 11.4 Å². The molecule has 0 aromatic heterocycles. The standard InChI is InChI=1S/C16H25BrClNOS/c1-11(13-8-7-12(17)9-14(13)18)19-21(20)16(5,6)10-15(2,3)4/h7-9,11,19H,10H2,1-6H3. The van der Waals surface area contributed by atoms with Gasteiger partial charge in [-0.25, -0.2) is 0 Å². The van der Waals surface area contributed by atoms with Gasteiger partial charge >= 0.3 is 0 Å². The van der Waals surface area contributed by atoms with Gasteiger partial charge in [0.25, 0.3) is 0 Å². The fraction of sp³-hybridized carbons (Fsp3) is 0.625. The van der Waals surface area contributed by atoms with Gasteiger partial charge in [0.2, 0.25) is 0 Å². The maximum atomic E-state index is 12.7. The van der Waals surface area contributed by atoms with Gasteiger partial charge in [0.15, 0.2) is 0 Å². The van der Waals surface area contributed by atoms with Crippen LogP contribution in [0.1, 0.15) is 59.6 Å². The van der Waals surface area contributed by atoms with E-state index in [-0.39, 0.29) is 16.2 Å². The molecule has 1 aromatic carbocycles. The summed E-state index contributed by atoms with van der Waals surface area (Å²) in [7, 11) is 0. The molecule has 21 heavy (non-hydrogen) atoms. The molecule has 0 bridgehead atoms. The van der Waals surface area contributed by atoms with E-state index in [9.17, 15) is 4.55 Å². The van der Waals surface area contributed by atoms with Crippen molar-refractivity contribution in [2.45, 2.75) is 58.8 Å². The Hall–Kier alpha value is 0.260. The molecule has 0 radical (unpaired) electrons. The van der Waals surface area contributed by atoms with E-state index in [1.807, 2.05) is 39.0 Å². The van der Waals surface area contributed by atoms with Crippen molar-refractivity contribution in [3.8, 4) is 0 Å². The lowest BCUT2D eigenvalue weighted by Gasteiger charge is -2.34. The lowest BCUT2D eigenvalue weighted by Crippen LogP contribution is -2.44. The topological polar surface area (TPSA) is 35.1 Å². The zero-order valence-electron chi connectivity index (χ0n) is 13.6. The van der Waals surface area contributed by atoms with Crippen LogP contribution >= 0.6 is 27.5 Å². The van der Waals surface area contributed by atoms with Crippen molar-refractivity contribution in [1.29, 1.82) is 0 Å². The highest BCUT2D eigenvalue weighted by molar-refractivity contribution is 9.10. The van der Waals surface area contributed by atoms with Gasteiger partial charge in [0, 0.05) is 27.3 Å². The van der Waals surface area contributed by atoms with Gasteiger partial charge in [-0.05, 0) is 43.9 Å². The second kappa shape index (κ2) is 7.22. The Morgan fingerprint density at radius 2 is 1.86 bits per heavy atom. The van der Waals surface area contributed by atoms with Gasteiger partial charge in [-0.2, -0.15) is 0 Å². The Bertz CT molecular complexity index is 488. The minimum atomic E-state index is -1.14. The van der Waals surface area contributed by atoms with Crippen LogP contribution in [0.25, 0.3) is 0 Å². The molecular weight excluding hydrogens is 370 g/mol. The lowest BCUT2D eigenvalue weighted by molar-refractivity contribution is 0.326. The third kappa shape index (κ3) is 6.11. The average molecular weight is 395 g/mol. The minimum Gasteiger partial charge on any atom is -0.598 e. The fourth-order valence-corrected chi connectivity index (χ4v) is 4.75. The van der Waals surface area contributed by atoms with E-state index < -0.39 is 11.4 Å². The largest absolute Gasteiger partial charge is 0.598 e. The van der Waals surface area contributed by atoms with Crippen molar-refractivity contribution in [2.75, 3.05) is 0 Å². The Kier molecular flexibility index (Phi) is 6.64. The van der Waals surface area contributed by atoms with E-state index in [1.165, 1.54) is 0 Å². The van der Waals surface area contributed by atoms with E-state index in [4.69, 9.17) is 11.6 Å². The van der Waals surface area contributed by atoms with E-state index in [0.717, 1.165) is 16.5 Å². The molecule has 1 rings (SSSR count). The molecule has 0 aliphatic carbocycles. The van der Waals surface area contributed by atoms with Gasteiger partial charge in [-0.1, -0.05) is 54.4 Å². The molecular formula is C16H25BrClNOS. The Balaban J connectivity index is 2.79. The van der Waals surface area contributed by atoms with Crippen LogP contribution in [0, 0.1) is 5.41 Å². The predicted octanol–water partition coefficient (Wildman–Crippen LogP) is 5.63. The van der Waals surface area contributed by atoms with E-state index in [2.05, 4.69) is 41.4 Å². The molecule has 120 valence electrons. The van der Waals surface area contributed by atoms with Crippen LogP contribution in [-0.4, -0.2) is 9.30 Å². The van der Waals surface area contributed by atoms with Crippen molar-refractivity contribution in [2.24, 2.45) is 5.41 Å². The van der Waals surface area contributed by atoms with Crippen molar-refractivity contribution in [1.82, 2.24) is 4.72 Å². The Morgan fingerprint density at radius 1 is 1.29 bits per heavy atom. The minimum absolute atomic E-state index is 0.0642. The maximum absolute atomic E-state index is 12.7. The van der Waals surface area contributed by atoms with Crippen molar-refractivity contribution in [3.05, 3.63) is 33.3 Å². The summed E-state index contributed by atoms with van der Waals surface area (Å²) in [6.07, 6.45) is 0.875. The van der Waals surface area contributed by atoms with E-state index >= 15 is 0 Å². The van der Waals surface area contributed by atoms with Crippen LogP contribution in [0.5, 0.6) is 0 Å². The zero-order chi connectivity index (χ0) is 16.4. The molecule has 0 saturated heterocycles. The molecule has 2 unspecified atom stereocenters. The monoisotopic (exact) mass is 393 g/mol. The molecule has 0 fully saturated rings. The second-order valence-electron chi connectivity index (χ2n) is 7.27. The molecule has 1 N–H and O–H groups in total. The lowest BCUT2D eigenvalue weighted by atomic mass is 9.86. The van der Waals surface area contributed by atoms with Crippen LogP contribution < -0.4 is 4.72 Å². The first-order valence-electron chi connectivity index (χ1n) is 7.05. The number of nitrogens with one attached hydrogen (secondary N) is 1. The molecule has 0 spiro atoms. The number of halogens is 2. The molecule has 2 atom stereocenters. The van der Waals surface area contributed by atoms with Crippen molar-refractivity contribution < 1.29 is 4.55 Å². The third-order valence-electron chi connectivity index (χ3n) is 3.17. The Morgan fingerprint density at radius 3 is 2.33 bits per heavy atom. The summed E-state index contributed by atoms with van der Waals surface area (Å²) in [6, 6.07) is 5.70. The summed E-state index contributed by atoms with van der Waals surface area (Å²) in [5.74, 6) is 0. The molecule has 0 amide bonds. The second-order valence-corrected chi connectivity index (χ2v) is 10.5. The number of rotatable bonds is 5. The van der Waals surface area contributed by atoms with Crippen molar-refractivity contribution >= 4 is 38.9 Å². The zero-order valence-corrected chi connectivity index (χ0v) is 16.7. The van der Waals surface area contributed by atoms with Crippen LogP contribution in [0.2, 0.25) is 5.02 Å². The highest BCUT2D eigenvalue weighted by atomic mass is 79.9. The van der Waals surface area contributed by atoms with Gasteiger partial charge in [0.1, 0.15) is 4.75 Å². The number of benzene rings is 1. The first kappa shape index (κ1) is 19.3. The van der Waals surface area contributed by atoms with Crippen LogP contribution in [0.3, 0.4) is 0 Å². The average Bonchev–Trinajstić information content (AvgIpc) is 2.24. The third-order valence-corrected chi connectivity index (χ3v) is 5.71. The normalized spacial score (nSPS) is 15.9. The summed E-state index contributed by atoms with van der Waals surface area (Å²) in [6.45, 7) is 12.6. The first-order chi connectivity index (χ1) is 9.42. The molecule has 1 aromatic rings. The van der Waals surface area contributed by atoms with E-state index in [0.29, 0.717) is 5.02 Å². The summed E-state index contributed by atoms with van der Waals surface area (Å²) in [5.41, 5.74) is 1.10. The predicted molar refractivity (Wildman–Crippen MR) is 97.0 cm³/mol. The fourth-order valence-electron chi connectivity index (χ4n) is 2.58. The summed E-state index contributed by atoms with van der Waals surface area (Å²) in [5, 5.41) is 0.676. The number of hydrogen-bond acceptors (Lipinski definition) is 2. The highest BCUT2D eigenvalue weighted by Gasteiger charge is 2.37. The van der Waals surface area contributed by atoms with Gasteiger partial charge in [-0.3, -0.25) is 0 Å².